The number of pyridine rings is 1. The van der Waals surface area contributed by atoms with Crippen molar-refractivity contribution in [3.05, 3.63) is 48.0 Å². The number of benzene rings is 1. The Labute approximate surface area is 107 Å². The number of nitrogens with zero attached hydrogens (tertiary/aromatic N) is 2. The van der Waals surface area contributed by atoms with Crippen molar-refractivity contribution in [1.82, 2.24) is 4.98 Å². The second-order valence-corrected chi connectivity index (χ2v) is 4.10. The quantitative estimate of drug-likeness (QED) is 0.639. The predicted octanol–water partition coefficient (Wildman–Crippen LogP) is 2.70. The average molecular weight is 242 g/mol. The summed E-state index contributed by atoms with van der Waals surface area (Å²) in [6, 6.07) is 14.2. The summed E-state index contributed by atoms with van der Waals surface area (Å²) in [5.41, 5.74) is 4.99. The smallest absolute Gasteiger partial charge is 0.142 e. The number of rotatable bonds is 4. The average Bonchev–Trinajstić information content (AvgIpc) is 2.46. The van der Waals surface area contributed by atoms with Crippen LogP contribution in [0.3, 0.4) is 0 Å². The second kappa shape index (κ2) is 5.51. The maximum absolute atomic E-state index is 5.36. The van der Waals surface area contributed by atoms with Gasteiger partial charge in [-0.1, -0.05) is 25.1 Å². The van der Waals surface area contributed by atoms with Gasteiger partial charge in [0.2, 0.25) is 0 Å². The number of nitrogen functional groups attached to an aromatic ring is 1. The Morgan fingerprint density at radius 2 is 1.89 bits per heavy atom. The number of hydrogen-bond acceptors (Lipinski definition) is 4. The summed E-state index contributed by atoms with van der Waals surface area (Å²) in [6.07, 6.45) is 1.05. The molecule has 0 spiro atoms. The molecule has 1 aromatic heterocycles. The van der Waals surface area contributed by atoms with Crippen LogP contribution in [0, 0.1) is 0 Å². The van der Waals surface area contributed by atoms with E-state index >= 15 is 0 Å². The van der Waals surface area contributed by atoms with Gasteiger partial charge in [-0.3, -0.25) is 0 Å². The van der Waals surface area contributed by atoms with Crippen molar-refractivity contribution in [3.63, 3.8) is 0 Å². The van der Waals surface area contributed by atoms with Crippen LogP contribution in [0.5, 0.6) is 0 Å². The Balaban J connectivity index is 2.25. The number of aromatic nitrogens is 1. The molecular weight excluding hydrogens is 224 g/mol. The maximum atomic E-state index is 5.36. The molecule has 0 amide bonds. The largest absolute Gasteiger partial charge is 0.329 e. The zero-order chi connectivity index (χ0) is 13.0. The van der Waals surface area contributed by atoms with E-state index in [1.807, 2.05) is 30.1 Å². The van der Waals surface area contributed by atoms with E-state index in [2.05, 4.69) is 41.6 Å². The van der Waals surface area contributed by atoms with Gasteiger partial charge in [-0.25, -0.2) is 10.8 Å². The molecule has 1 aromatic carbocycles. The Morgan fingerprint density at radius 3 is 2.50 bits per heavy atom. The van der Waals surface area contributed by atoms with E-state index in [0.29, 0.717) is 5.82 Å². The van der Waals surface area contributed by atoms with Crippen LogP contribution < -0.4 is 16.2 Å². The number of hydrogen-bond donors (Lipinski definition) is 2. The lowest BCUT2D eigenvalue weighted by molar-refractivity contribution is 1.10. The number of aryl methyl sites for hydroxylation is 1. The standard InChI is InChI=1S/C14H18N4/c1-3-11-7-9-12(10-8-11)18(2)14-6-4-5-13(16-14)17-15/h4-10H,3,15H2,1-2H3,(H,16,17). The zero-order valence-corrected chi connectivity index (χ0v) is 10.7. The molecule has 0 saturated heterocycles. The van der Waals surface area contributed by atoms with Crippen molar-refractivity contribution in [3.8, 4) is 0 Å². The minimum atomic E-state index is 0.657. The van der Waals surface area contributed by atoms with Crippen LogP contribution in [0.15, 0.2) is 42.5 Å². The molecule has 4 nitrogen and oxygen atoms in total. The third-order valence-electron chi connectivity index (χ3n) is 2.96. The third kappa shape index (κ3) is 2.60. The van der Waals surface area contributed by atoms with Crippen molar-refractivity contribution in [2.45, 2.75) is 13.3 Å². The summed E-state index contributed by atoms with van der Waals surface area (Å²) in [5.74, 6) is 6.88. The topological polar surface area (TPSA) is 54.2 Å². The second-order valence-electron chi connectivity index (χ2n) is 4.10. The summed E-state index contributed by atoms with van der Waals surface area (Å²) in [5, 5.41) is 0. The fourth-order valence-corrected chi connectivity index (χ4v) is 1.78. The van der Waals surface area contributed by atoms with Crippen LogP contribution in [0.1, 0.15) is 12.5 Å². The SMILES string of the molecule is CCc1ccc(N(C)c2cccc(NN)n2)cc1. The molecule has 2 rings (SSSR count). The summed E-state index contributed by atoms with van der Waals surface area (Å²) in [7, 11) is 1.99. The molecule has 0 unspecified atom stereocenters. The molecule has 0 radical (unpaired) electrons. The highest BCUT2D eigenvalue weighted by molar-refractivity contribution is 5.60. The highest BCUT2D eigenvalue weighted by Gasteiger charge is 2.05. The first-order valence-corrected chi connectivity index (χ1v) is 6.01. The lowest BCUT2D eigenvalue weighted by Gasteiger charge is -2.19. The summed E-state index contributed by atoms with van der Waals surface area (Å²) < 4.78 is 0. The first-order valence-electron chi connectivity index (χ1n) is 6.01. The van der Waals surface area contributed by atoms with Crippen LogP contribution in [0.2, 0.25) is 0 Å². The van der Waals surface area contributed by atoms with Crippen LogP contribution in [0.25, 0.3) is 0 Å². The number of hydrazine groups is 1. The lowest BCUT2D eigenvalue weighted by Crippen LogP contribution is -2.14. The molecule has 2 aromatic rings. The monoisotopic (exact) mass is 242 g/mol. The molecule has 4 heteroatoms. The highest BCUT2D eigenvalue weighted by Crippen LogP contribution is 2.23. The fourth-order valence-electron chi connectivity index (χ4n) is 1.78. The minimum absolute atomic E-state index is 0.657. The molecule has 0 atom stereocenters. The van der Waals surface area contributed by atoms with Crippen LogP contribution in [-0.2, 0) is 6.42 Å². The van der Waals surface area contributed by atoms with Gasteiger partial charge in [-0.05, 0) is 36.2 Å². The lowest BCUT2D eigenvalue weighted by atomic mass is 10.1. The molecule has 0 bridgehead atoms. The van der Waals surface area contributed by atoms with Gasteiger partial charge in [0, 0.05) is 12.7 Å². The fraction of sp³-hybridized carbons (Fsp3) is 0.214. The van der Waals surface area contributed by atoms with E-state index in [1.54, 1.807) is 0 Å². The van der Waals surface area contributed by atoms with E-state index in [0.717, 1.165) is 17.9 Å². The van der Waals surface area contributed by atoms with E-state index in [9.17, 15) is 0 Å². The van der Waals surface area contributed by atoms with E-state index in [4.69, 9.17) is 5.84 Å². The molecule has 18 heavy (non-hydrogen) atoms. The Kier molecular flexibility index (Phi) is 3.79. The Hall–Kier alpha value is -2.07. The number of nitrogens with one attached hydrogen (secondary N) is 1. The molecule has 1 heterocycles. The van der Waals surface area contributed by atoms with E-state index in [1.165, 1.54) is 5.56 Å². The minimum Gasteiger partial charge on any atom is -0.329 e. The summed E-state index contributed by atoms with van der Waals surface area (Å²) >= 11 is 0. The normalized spacial score (nSPS) is 10.2. The van der Waals surface area contributed by atoms with E-state index < -0.39 is 0 Å². The number of anilines is 3. The highest BCUT2D eigenvalue weighted by atomic mass is 15.3. The Bertz CT molecular complexity index is 507. The van der Waals surface area contributed by atoms with Crippen molar-refractivity contribution in [2.75, 3.05) is 17.4 Å². The van der Waals surface area contributed by atoms with E-state index in [-0.39, 0.29) is 0 Å². The molecule has 0 aliphatic heterocycles. The van der Waals surface area contributed by atoms with Crippen molar-refractivity contribution in [1.29, 1.82) is 0 Å². The van der Waals surface area contributed by atoms with Gasteiger partial charge in [-0.15, -0.1) is 0 Å². The molecule has 0 saturated carbocycles. The van der Waals surface area contributed by atoms with Gasteiger partial charge in [0.1, 0.15) is 11.6 Å². The number of nitrogens with two attached hydrogens (primary N) is 1. The molecule has 3 N–H and O–H groups in total. The van der Waals surface area contributed by atoms with Gasteiger partial charge in [0.25, 0.3) is 0 Å². The molecular formula is C14H18N4. The zero-order valence-electron chi connectivity index (χ0n) is 10.7. The maximum Gasteiger partial charge on any atom is 0.142 e. The van der Waals surface area contributed by atoms with Gasteiger partial charge in [-0.2, -0.15) is 0 Å². The van der Waals surface area contributed by atoms with Crippen LogP contribution in [0.4, 0.5) is 17.3 Å². The van der Waals surface area contributed by atoms with Gasteiger partial charge < -0.3 is 10.3 Å². The van der Waals surface area contributed by atoms with Crippen molar-refractivity contribution in [2.24, 2.45) is 5.84 Å². The first kappa shape index (κ1) is 12.4. The van der Waals surface area contributed by atoms with Crippen molar-refractivity contribution < 1.29 is 0 Å². The molecule has 0 aliphatic rings. The van der Waals surface area contributed by atoms with Crippen molar-refractivity contribution >= 4 is 17.3 Å². The predicted molar refractivity (Wildman–Crippen MR) is 75.9 cm³/mol. The van der Waals surface area contributed by atoms with Gasteiger partial charge in [0.15, 0.2) is 0 Å². The molecule has 0 aliphatic carbocycles. The summed E-state index contributed by atoms with van der Waals surface area (Å²) in [4.78, 5) is 6.43. The molecule has 0 fully saturated rings. The third-order valence-corrected chi connectivity index (χ3v) is 2.96. The molecule has 94 valence electrons. The Morgan fingerprint density at radius 1 is 1.17 bits per heavy atom. The summed E-state index contributed by atoms with van der Waals surface area (Å²) in [6.45, 7) is 2.15. The first-order chi connectivity index (χ1) is 8.74. The van der Waals surface area contributed by atoms with Crippen LogP contribution >= 0.6 is 0 Å². The van der Waals surface area contributed by atoms with Gasteiger partial charge in [0.05, 0.1) is 0 Å². The van der Waals surface area contributed by atoms with Gasteiger partial charge >= 0.3 is 0 Å². The van der Waals surface area contributed by atoms with Crippen LogP contribution in [-0.4, -0.2) is 12.0 Å².